The molecule has 0 aliphatic heterocycles. The number of H-pyrrole nitrogens is 1. The Balaban J connectivity index is 2.12. The molecule has 9 heteroatoms. The highest BCUT2D eigenvalue weighted by molar-refractivity contribution is 7.93. The summed E-state index contributed by atoms with van der Waals surface area (Å²) in [6.45, 7) is -0.400. The molecule has 2 aromatic heterocycles. The van der Waals surface area contributed by atoms with Gasteiger partial charge in [0.15, 0.2) is 0 Å². The zero-order valence-electron chi connectivity index (χ0n) is 14.3. The van der Waals surface area contributed by atoms with E-state index >= 15 is 0 Å². The minimum Gasteiger partial charge on any atom is -0.366 e. The number of anilines is 1. The molecule has 0 amide bonds. The van der Waals surface area contributed by atoms with Crippen LogP contribution in [0.4, 0.5) is 10.1 Å². The number of aromatic nitrogens is 2. The van der Waals surface area contributed by atoms with E-state index in [1.807, 2.05) is 6.07 Å². The highest BCUT2D eigenvalue weighted by Gasteiger charge is 2.30. The molecule has 3 rings (SSSR count). The third-order valence-corrected chi connectivity index (χ3v) is 5.62. The molecule has 2 heterocycles. The molecule has 3 aromatic rings. The number of sulfonamides is 1. The van der Waals surface area contributed by atoms with Crippen molar-refractivity contribution in [1.29, 1.82) is 5.26 Å². The largest absolute Gasteiger partial charge is 0.366 e. The number of hydrogen-bond acceptors (Lipinski definition) is 5. The van der Waals surface area contributed by atoms with Crippen LogP contribution in [0.15, 0.2) is 60.0 Å². The van der Waals surface area contributed by atoms with Crippen molar-refractivity contribution in [2.24, 2.45) is 0 Å². The molecule has 27 heavy (non-hydrogen) atoms. The number of aromatic amines is 1. The molecule has 138 valence electrons. The average molecular weight is 386 g/mol. The van der Waals surface area contributed by atoms with Crippen molar-refractivity contribution >= 4 is 15.7 Å². The van der Waals surface area contributed by atoms with Crippen LogP contribution in [0.1, 0.15) is 5.56 Å². The number of benzene rings is 1. The Morgan fingerprint density at radius 3 is 2.78 bits per heavy atom. The van der Waals surface area contributed by atoms with Gasteiger partial charge in [-0.1, -0.05) is 6.07 Å². The third-order valence-electron chi connectivity index (χ3n) is 3.84. The summed E-state index contributed by atoms with van der Waals surface area (Å²) < 4.78 is 46.8. The fourth-order valence-electron chi connectivity index (χ4n) is 2.59. The lowest BCUT2D eigenvalue weighted by molar-refractivity contribution is 0.209. The van der Waals surface area contributed by atoms with Gasteiger partial charge in [-0.3, -0.25) is 4.98 Å². The summed E-state index contributed by atoms with van der Waals surface area (Å²) in [5, 5.41) is 8.88. The van der Waals surface area contributed by atoms with E-state index < -0.39 is 22.6 Å². The SMILES string of the molecule is COCN(c1ccc(C#N)cc1F)S(=O)(=O)c1c[nH]cc1-c1cccnc1. The lowest BCUT2D eigenvalue weighted by atomic mass is 10.1. The quantitative estimate of drug-likeness (QED) is 0.657. The van der Waals surface area contributed by atoms with Crippen LogP contribution in [0.25, 0.3) is 11.1 Å². The number of halogens is 1. The van der Waals surface area contributed by atoms with E-state index in [9.17, 15) is 12.8 Å². The fourth-order valence-corrected chi connectivity index (χ4v) is 4.15. The van der Waals surface area contributed by atoms with Gasteiger partial charge in [0.2, 0.25) is 0 Å². The summed E-state index contributed by atoms with van der Waals surface area (Å²) in [4.78, 5) is 6.73. The first-order valence-corrected chi connectivity index (χ1v) is 9.21. The minimum atomic E-state index is -4.17. The van der Waals surface area contributed by atoms with E-state index in [1.54, 1.807) is 18.3 Å². The molecule has 7 nitrogen and oxygen atoms in total. The minimum absolute atomic E-state index is 0.0451. The van der Waals surface area contributed by atoms with Gasteiger partial charge in [-0.05, 0) is 24.3 Å². The van der Waals surface area contributed by atoms with Crippen molar-refractivity contribution in [2.75, 3.05) is 18.1 Å². The van der Waals surface area contributed by atoms with Crippen LogP contribution in [0.2, 0.25) is 0 Å². The number of nitriles is 1. The van der Waals surface area contributed by atoms with E-state index in [4.69, 9.17) is 10.00 Å². The van der Waals surface area contributed by atoms with Crippen molar-refractivity contribution in [3.8, 4) is 17.2 Å². The van der Waals surface area contributed by atoms with Crippen molar-refractivity contribution < 1.29 is 17.5 Å². The summed E-state index contributed by atoms with van der Waals surface area (Å²) in [7, 11) is -2.86. The second-order valence-electron chi connectivity index (χ2n) is 5.52. The summed E-state index contributed by atoms with van der Waals surface area (Å²) in [6, 6.07) is 8.78. The fraction of sp³-hybridized carbons (Fsp3) is 0.111. The number of methoxy groups -OCH3 is 1. The zero-order valence-corrected chi connectivity index (χ0v) is 15.1. The summed E-state index contributed by atoms with van der Waals surface area (Å²) in [5.41, 5.74) is 0.867. The van der Waals surface area contributed by atoms with Gasteiger partial charge < -0.3 is 9.72 Å². The maximum atomic E-state index is 14.5. The van der Waals surface area contributed by atoms with Crippen LogP contribution in [0.5, 0.6) is 0 Å². The highest BCUT2D eigenvalue weighted by atomic mass is 32.2. The molecule has 0 radical (unpaired) electrons. The Bertz CT molecular complexity index is 1090. The van der Waals surface area contributed by atoms with Crippen LogP contribution in [-0.4, -0.2) is 32.2 Å². The second kappa shape index (κ2) is 7.57. The van der Waals surface area contributed by atoms with Gasteiger partial charge in [-0.2, -0.15) is 5.26 Å². The van der Waals surface area contributed by atoms with E-state index in [2.05, 4.69) is 9.97 Å². The van der Waals surface area contributed by atoms with Gasteiger partial charge in [0.05, 0.1) is 17.3 Å². The Morgan fingerprint density at radius 2 is 2.15 bits per heavy atom. The van der Waals surface area contributed by atoms with Gasteiger partial charge in [0.25, 0.3) is 10.0 Å². The molecule has 1 N–H and O–H groups in total. The van der Waals surface area contributed by atoms with Crippen LogP contribution < -0.4 is 4.31 Å². The summed E-state index contributed by atoms with van der Waals surface area (Å²) >= 11 is 0. The maximum Gasteiger partial charge on any atom is 0.268 e. The average Bonchev–Trinajstić information content (AvgIpc) is 3.18. The third kappa shape index (κ3) is 3.53. The lowest BCUT2D eigenvalue weighted by Gasteiger charge is -2.24. The monoisotopic (exact) mass is 386 g/mol. The maximum absolute atomic E-state index is 14.5. The van der Waals surface area contributed by atoms with E-state index in [-0.39, 0.29) is 16.1 Å². The van der Waals surface area contributed by atoms with Gasteiger partial charge in [-0.15, -0.1) is 0 Å². The van der Waals surface area contributed by atoms with E-state index in [1.165, 1.54) is 37.8 Å². The number of hydrogen-bond donors (Lipinski definition) is 1. The van der Waals surface area contributed by atoms with Crippen LogP contribution in [-0.2, 0) is 14.8 Å². The van der Waals surface area contributed by atoms with Crippen molar-refractivity contribution in [3.05, 3.63) is 66.5 Å². The molecule has 0 aliphatic carbocycles. The molecule has 0 unspecified atom stereocenters. The molecule has 0 spiro atoms. The first-order valence-electron chi connectivity index (χ1n) is 7.77. The first kappa shape index (κ1) is 18.6. The topological polar surface area (TPSA) is 99.1 Å². The van der Waals surface area contributed by atoms with Crippen LogP contribution in [0, 0.1) is 17.1 Å². The first-order chi connectivity index (χ1) is 13.0. The molecule has 0 aliphatic rings. The van der Waals surface area contributed by atoms with Crippen LogP contribution in [0.3, 0.4) is 0 Å². The molecule has 0 bridgehead atoms. The molecule has 0 saturated carbocycles. The number of nitrogens with zero attached hydrogens (tertiary/aromatic N) is 3. The van der Waals surface area contributed by atoms with Gasteiger partial charge in [0.1, 0.15) is 17.4 Å². The molecule has 1 aromatic carbocycles. The van der Waals surface area contributed by atoms with Crippen molar-refractivity contribution in [3.63, 3.8) is 0 Å². The Kier molecular flexibility index (Phi) is 5.21. The number of nitrogens with one attached hydrogen (secondary N) is 1. The highest BCUT2D eigenvalue weighted by Crippen LogP contribution is 2.32. The summed E-state index contributed by atoms with van der Waals surface area (Å²) in [5.74, 6) is -0.840. The van der Waals surface area contributed by atoms with Crippen molar-refractivity contribution in [1.82, 2.24) is 9.97 Å². The van der Waals surface area contributed by atoms with Crippen molar-refractivity contribution in [2.45, 2.75) is 4.90 Å². The standard InChI is InChI=1S/C18H15FN4O3S/c1-26-12-23(17-5-4-13(8-20)7-16(17)19)27(24,25)18-11-22-10-15(18)14-3-2-6-21-9-14/h2-7,9-11,22H,12H2,1H3. The lowest BCUT2D eigenvalue weighted by Crippen LogP contribution is -2.33. The van der Waals surface area contributed by atoms with E-state index in [0.717, 1.165) is 10.4 Å². The van der Waals surface area contributed by atoms with Gasteiger partial charge in [-0.25, -0.2) is 17.1 Å². The Labute approximate surface area is 155 Å². The Morgan fingerprint density at radius 1 is 1.33 bits per heavy atom. The summed E-state index contributed by atoms with van der Waals surface area (Å²) in [6.07, 6.45) is 5.96. The molecule has 0 saturated heterocycles. The molecule has 0 fully saturated rings. The van der Waals surface area contributed by atoms with Gasteiger partial charge >= 0.3 is 0 Å². The number of ether oxygens (including phenoxy) is 1. The smallest absolute Gasteiger partial charge is 0.268 e. The normalized spacial score (nSPS) is 11.1. The van der Waals surface area contributed by atoms with Gasteiger partial charge in [0, 0.05) is 43.0 Å². The second-order valence-corrected chi connectivity index (χ2v) is 7.36. The zero-order chi connectivity index (χ0) is 19.4. The van der Waals surface area contributed by atoms with E-state index in [0.29, 0.717) is 11.1 Å². The number of pyridine rings is 1. The predicted molar refractivity (Wildman–Crippen MR) is 96.7 cm³/mol. The Hall–Kier alpha value is -3.22. The molecular formula is C18H15FN4O3S. The molecular weight excluding hydrogens is 371 g/mol. The van der Waals surface area contributed by atoms with Crippen LogP contribution >= 0.6 is 0 Å². The molecule has 0 atom stereocenters. The number of rotatable bonds is 6. The predicted octanol–water partition coefficient (Wildman–Crippen LogP) is 2.89.